The zero-order valence-electron chi connectivity index (χ0n) is 8.34. The van der Waals surface area contributed by atoms with E-state index in [1.54, 1.807) is 0 Å². The Balaban J connectivity index is 2.53. The second-order valence-corrected chi connectivity index (χ2v) is 3.47. The summed E-state index contributed by atoms with van der Waals surface area (Å²) < 4.78 is 5.31. The lowest BCUT2D eigenvalue weighted by Crippen LogP contribution is -2.36. The van der Waals surface area contributed by atoms with Gasteiger partial charge in [-0.1, -0.05) is 19.9 Å². The number of hydrogen-bond acceptors (Lipinski definition) is 2. The molecule has 0 amide bonds. The Morgan fingerprint density at radius 1 is 1.33 bits per heavy atom. The van der Waals surface area contributed by atoms with E-state index in [1.807, 2.05) is 0 Å². The molecule has 1 aliphatic rings. The van der Waals surface area contributed by atoms with Gasteiger partial charge in [0.25, 0.3) is 0 Å². The van der Waals surface area contributed by atoms with E-state index < -0.39 is 0 Å². The van der Waals surface area contributed by atoms with E-state index in [2.05, 4.69) is 31.7 Å². The van der Waals surface area contributed by atoms with Crippen molar-refractivity contribution in [3.05, 3.63) is 11.8 Å². The molecule has 2 nitrogen and oxygen atoms in total. The van der Waals surface area contributed by atoms with Crippen LogP contribution in [0.25, 0.3) is 0 Å². The molecule has 1 saturated heterocycles. The number of ether oxygens (including phenoxy) is 1. The summed E-state index contributed by atoms with van der Waals surface area (Å²) in [6, 6.07) is 0. The fraction of sp³-hybridized carbons (Fsp3) is 0.800. The van der Waals surface area contributed by atoms with Gasteiger partial charge in [0.2, 0.25) is 0 Å². The topological polar surface area (TPSA) is 12.5 Å². The van der Waals surface area contributed by atoms with E-state index >= 15 is 0 Å². The Kier molecular flexibility index (Phi) is 3.60. The van der Waals surface area contributed by atoms with Gasteiger partial charge >= 0.3 is 0 Å². The standard InChI is InChI=1S/C10H19NO/c1-4-10(9(2)3)11-5-7-12-8-6-11/h4,9H,5-8H2,1-3H3/b10-4+. The molecule has 1 aliphatic heterocycles. The molecule has 0 radical (unpaired) electrons. The molecule has 1 fully saturated rings. The van der Waals surface area contributed by atoms with Gasteiger partial charge in [-0.05, 0) is 12.8 Å². The number of nitrogens with zero attached hydrogens (tertiary/aromatic N) is 1. The Morgan fingerprint density at radius 3 is 2.33 bits per heavy atom. The Morgan fingerprint density at radius 2 is 1.92 bits per heavy atom. The predicted octanol–water partition coefficient (Wildman–Crippen LogP) is 1.88. The molecule has 0 aromatic rings. The summed E-state index contributed by atoms with van der Waals surface area (Å²) in [5.41, 5.74) is 1.46. The fourth-order valence-corrected chi connectivity index (χ4v) is 1.70. The van der Waals surface area contributed by atoms with E-state index in [-0.39, 0.29) is 0 Å². The molecule has 0 saturated carbocycles. The fourth-order valence-electron chi connectivity index (χ4n) is 1.70. The zero-order chi connectivity index (χ0) is 8.97. The van der Waals surface area contributed by atoms with Crippen LogP contribution in [0, 0.1) is 5.92 Å². The lowest BCUT2D eigenvalue weighted by molar-refractivity contribution is 0.0495. The molecule has 0 N–H and O–H groups in total. The van der Waals surface area contributed by atoms with Gasteiger partial charge in [0, 0.05) is 18.8 Å². The van der Waals surface area contributed by atoms with Crippen molar-refractivity contribution in [2.75, 3.05) is 26.3 Å². The van der Waals surface area contributed by atoms with Gasteiger partial charge < -0.3 is 9.64 Å². The first-order valence-electron chi connectivity index (χ1n) is 4.74. The normalized spacial score (nSPS) is 20.3. The third kappa shape index (κ3) is 2.24. The maximum absolute atomic E-state index is 5.31. The molecule has 70 valence electrons. The van der Waals surface area contributed by atoms with Crippen LogP contribution in [0.3, 0.4) is 0 Å². The van der Waals surface area contributed by atoms with Crippen molar-refractivity contribution in [2.24, 2.45) is 5.92 Å². The van der Waals surface area contributed by atoms with Crippen LogP contribution in [0.4, 0.5) is 0 Å². The third-order valence-corrected chi connectivity index (χ3v) is 2.26. The van der Waals surface area contributed by atoms with Crippen LogP contribution in [0.2, 0.25) is 0 Å². The van der Waals surface area contributed by atoms with E-state index in [9.17, 15) is 0 Å². The minimum Gasteiger partial charge on any atom is -0.378 e. The lowest BCUT2D eigenvalue weighted by atomic mass is 10.1. The molecule has 0 aromatic heterocycles. The molecular formula is C10H19NO. The highest BCUT2D eigenvalue weighted by Gasteiger charge is 2.14. The zero-order valence-corrected chi connectivity index (χ0v) is 8.34. The van der Waals surface area contributed by atoms with Gasteiger partial charge in [0.1, 0.15) is 0 Å². The quantitative estimate of drug-likeness (QED) is 0.626. The van der Waals surface area contributed by atoms with Gasteiger partial charge in [0.05, 0.1) is 13.2 Å². The molecule has 12 heavy (non-hydrogen) atoms. The number of allylic oxidation sites excluding steroid dienone is 2. The van der Waals surface area contributed by atoms with Gasteiger partial charge in [-0.15, -0.1) is 0 Å². The van der Waals surface area contributed by atoms with Crippen LogP contribution in [0.15, 0.2) is 11.8 Å². The van der Waals surface area contributed by atoms with Crippen LogP contribution < -0.4 is 0 Å². The summed E-state index contributed by atoms with van der Waals surface area (Å²) in [5.74, 6) is 0.632. The molecular weight excluding hydrogens is 150 g/mol. The van der Waals surface area contributed by atoms with E-state index in [4.69, 9.17) is 4.74 Å². The van der Waals surface area contributed by atoms with Crippen LogP contribution in [-0.4, -0.2) is 31.2 Å². The van der Waals surface area contributed by atoms with Crippen LogP contribution in [0.5, 0.6) is 0 Å². The van der Waals surface area contributed by atoms with Crippen molar-refractivity contribution in [1.82, 2.24) is 4.90 Å². The minimum atomic E-state index is 0.632. The average molecular weight is 169 g/mol. The van der Waals surface area contributed by atoms with E-state index in [0.29, 0.717) is 5.92 Å². The first kappa shape index (κ1) is 9.59. The maximum atomic E-state index is 5.31. The molecule has 2 heteroatoms. The summed E-state index contributed by atoms with van der Waals surface area (Å²) >= 11 is 0. The maximum Gasteiger partial charge on any atom is 0.0642 e. The van der Waals surface area contributed by atoms with Crippen molar-refractivity contribution in [3.8, 4) is 0 Å². The van der Waals surface area contributed by atoms with E-state index in [1.165, 1.54) is 5.70 Å². The molecule has 0 bridgehead atoms. The van der Waals surface area contributed by atoms with Crippen molar-refractivity contribution in [1.29, 1.82) is 0 Å². The Bertz CT molecular complexity index is 157. The SMILES string of the molecule is C/C=C(\C(C)C)N1CCOCC1. The van der Waals surface area contributed by atoms with Crippen LogP contribution >= 0.6 is 0 Å². The highest BCUT2D eigenvalue weighted by atomic mass is 16.5. The first-order chi connectivity index (χ1) is 5.75. The summed E-state index contributed by atoms with van der Waals surface area (Å²) in [7, 11) is 0. The summed E-state index contributed by atoms with van der Waals surface area (Å²) in [5, 5.41) is 0. The molecule has 1 heterocycles. The Hall–Kier alpha value is -0.500. The molecule has 0 aromatic carbocycles. The minimum absolute atomic E-state index is 0.632. The lowest BCUT2D eigenvalue weighted by Gasteiger charge is -2.32. The molecule has 0 unspecified atom stereocenters. The molecule has 0 aliphatic carbocycles. The molecule has 1 rings (SSSR count). The second kappa shape index (κ2) is 4.51. The summed E-state index contributed by atoms with van der Waals surface area (Å²) in [6.45, 7) is 10.5. The van der Waals surface area contributed by atoms with Crippen LogP contribution in [-0.2, 0) is 4.74 Å². The summed E-state index contributed by atoms with van der Waals surface area (Å²) in [6.07, 6.45) is 2.22. The average Bonchev–Trinajstić information content (AvgIpc) is 2.07. The van der Waals surface area contributed by atoms with Crippen molar-refractivity contribution < 1.29 is 4.74 Å². The number of rotatable bonds is 2. The largest absolute Gasteiger partial charge is 0.378 e. The van der Waals surface area contributed by atoms with Crippen molar-refractivity contribution in [3.63, 3.8) is 0 Å². The molecule has 0 atom stereocenters. The van der Waals surface area contributed by atoms with Gasteiger partial charge in [-0.2, -0.15) is 0 Å². The number of hydrogen-bond donors (Lipinski definition) is 0. The van der Waals surface area contributed by atoms with Crippen molar-refractivity contribution >= 4 is 0 Å². The second-order valence-electron chi connectivity index (χ2n) is 3.47. The van der Waals surface area contributed by atoms with E-state index in [0.717, 1.165) is 26.3 Å². The number of morpholine rings is 1. The smallest absolute Gasteiger partial charge is 0.0642 e. The monoisotopic (exact) mass is 169 g/mol. The van der Waals surface area contributed by atoms with Crippen LogP contribution in [0.1, 0.15) is 20.8 Å². The predicted molar refractivity (Wildman–Crippen MR) is 51.0 cm³/mol. The Labute approximate surface area is 75.2 Å². The summed E-state index contributed by atoms with van der Waals surface area (Å²) in [4.78, 5) is 2.42. The molecule has 0 spiro atoms. The van der Waals surface area contributed by atoms with Gasteiger partial charge in [0.15, 0.2) is 0 Å². The highest BCUT2D eigenvalue weighted by Crippen LogP contribution is 2.16. The first-order valence-corrected chi connectivity index (χ1v) is 4.74. The van der Waals surface area contributed by atoms with Gasteiger partial charge in [-0.25, -0.2) is 0 Å². The highest BCUT2D eigenvalue weighted by molar-refractivity contribution is 5.03. The van der Waals surface area contributed by atoms with Gasteiger partial charge in [-0.3, -0.25) is 0 Å². The van der Waals surface area contributed by atoms with Crippen molar-refractivity contribution in [2.45, 2.75) is 20.8 Å². The third-order valence-electron chi connectivity index (χ3n) is 2.26.